The summed E-state index contributed by atoms with van der Waals surface area (Å²) >= 11 is 5.95. The molecule has 152 valence electrons. The molecule has 0 spiro atoms. The van der Waals surface area contributed by atoms with Crippen LogP contribution in [-0.4, -0.2) is 56.6 Å². The second-order valence-corrected chi connectivity index (χ2v) is 6.78. The van der Waals surface area contributed by atoms with E-state index in [9.17, 15) is 22.4 Å². The number of carbonyl (C=O) groups is 1. The van der Waals surface area contributed by atoms with Crippen molar-refractivity contribution in [3.63, 3.8) is 0 Å². The monoisotopic (exact) mass is 428 g/mol. The molecule has 0 radical (unpaired) electrons. The number of alkyl halides is 3. The molecule has 1 amide bonds. The lowest BCUT2D eigenvalue weighted by atomic mass is 10.1. The van der Waals surface area contributed by atoms with Crippen molar-refractivity contribution >= 4 is 29.1 Å². The van der Waals surface area contributed by atoms with Crippen LogP contribution in [-0.2, 0) is 6.18 Å². The predicted molar refractivity (Wildman–Crippen MR) is 95.3 cm³/mol. The number of amides is 1. The smallest absolute Gasteiger partial charge is 0.353 e. The van der Waals surface area contributed by atoms with Gasteiger partial charge in [-0.2, -0.15) is 27.8 Å². The van der Waals surface area contributed by atoms with Crippen molar-refractivity contribution in [3.8, 4) is 0 Å². The van der Waals surface area contributed by atoms with Crippen LogP contribution in [0.1, 0.15) is 16.1 Å². The second kappa shape index (κ2) is 7.14. The molecule has 2 aromatic heterocycles. The van der Waals surface area contributed by atoms with E-state index in [0.29, 0.717) is 0 Å². The van der Waals surface area contributed by atoms with E-state index in [1.54, 1.807) is 4.90 Å². The van der Waals surface area contributed by atoms with Gasteiger partial charge in [-0.3, -0.25) is 4.79 Å². The first-order valence-electron chi connectivity index (χ1n) is 8.51. The number of rotatable bonds is 2. The van der Waals surface area contributed by atoms with E-state index in [1.807, 2.05) is 0 Å². The number of nitrogens with zero attached hydrogens (tertiary/aromatic N) is 6. The molecule has 12 heteroatoms. The summed E-state index contributed by atoms with van der Waals surface area (Å²) in [6.07, 6.45) is -3.50. The molecule has 29 heavy (non-hydrogen) atoms. The van der Waals surface area contributed by atoms with Crippen LogP contribution < -0.4 is 4.90 Å². The van der Waals surface area contributed by atoms with Crippen LogP contribution in [0.5, 0.6) is 0 Å². The van der Waals surface area contributed by atoms with Crippen LogP contribution in [0.4, 0.5) is 23.4 Å². The summed E-state index contributed by atoms with van der Waals surface area (Å²) in [6.45, 7) is 1.01. The molecule has 0 atom stereocenters. The zero-order chi connectivity index (χ0) is 20.8. The van der Waals surface area contributed by atoms with Gasteiger partial charge >= 0.3 is 6.18 Å². The van der Waals surface area contributed by atoms with E-state index in [-0.39, 0.29) is 54.3 Å². The highest BCUT2D eigenvalue weighted by Gasteiger charge is 2.35. The average molecular weight is 429 g/mol. The molecule has 1 aliphatic heterocycles. The maximum atomic E-state index is 13.2. The number of halogens is 5. The van der Waals surface area contributed by atoms with E-state index in [0.717, 1.165) is 24.5 Å². The normalized spacial score (nSPS) is 15.2. The van der Waals surface area contributed by atoms with Gasteiger partial charge < -0.3 is 9.80 Å². The lowest BCUT2D eigenvalue weighted by molar-refractivity contribution is -0.141. The van der Waals surface area contributed by atoms with Crippen LogP contribution in [0.25, 0.3) is 5.78 Å². The Morgan fingerprint density at radius 3 is 2.48 bits per heavy atom. The average Bonchev–Trinajstić information content (AvgIpc) is 3.15. The van der Waals surface area contributed by atoms with Gasteiger partial charge in [-0.05, 0) is 18.2 Å². The summed E-state index contributed by atoms with van der Waals surface area (Å²) in [5.41, 5.74) is -0.895. The SMILES string of the molecule is O=C(c1ccc(F)cc1Cl)N1CCN(c2cc(C(F)(F)F)nc3ncnn23)CC1. The standard InChI is InChI=1S/C17H13ClF4N6O/c18-12-7-10(19)1-2-11(12)15(29)27-5-3-26(4-6-27)14-8-13(17(20,21)22)25-16-23-9-24-28(14)16/h1-2,7-9H,3-6H2. The van der Waals surface area contributed by atoms with E-state index in [4.69, 9.17) is 11.6 Å². The van der Waals surface area contributed by atoms with Crippen molar-refractivity contribution in [3.05, 3.63) is 52.7 Å². The minimum Gasteiger partial charge on any atom is -0.353 e. The summed E-state index contributed by atoms with van der Waals surface area (Å²) in [4.78, 5) is 23.1. The zero-order valence-electron chi connectivity index (χ0n) is 14.7. The van der Waals surface area contributed by atoms with Crippen LogP contribution in [0.15, 0.2) is 30.6 Å². The van der Waals surface area contributed by atoms with Crippen molar-refractivity contribution in [1.82, 2.24) is 24.5 Å². The number of anilines is 1. The van der Waals surface area contributed by atoms with Gasteiger partial charge in [0.05, 0.1) is 10.6 Å². The minimum absolute atomic E-state index is 0.00528. The largest absolute Gasteiger partial charge is 0.433 e. The fourth-order valence-electron chi connectivity index (χ4n) is 3.14. The van der Waals surface area contributed by atoms with Gasteiger partial charge in [0.15, 0.2) is 5.69 Å². The number of piperazine rings is 1. The number of hydrogen-bond donors (Lipinski definition) is 0. The lowest BCUT2D eigenvalue weighted by Crippen LogP contribution is -2.49. The number of hydrogen-bond acceptors (Lipinski definition) is 5. The molecule has 7 nitrogen and oxygen atoms in total. The zero-order valence-corrected chi connectivity index (χ0v) is 15.5. The summed E-state index contributed by atoms with van der Waals surface area (Å²) in [5, 5.41) is 3.94. The first-order valence-corrected chi connectivity index (χ1v) is 8.89. The molecule has 0 aliphatic carbocycles. The van der Waals surface area contributed by atoms with Gasteiger partial charge in [0.2, 0.25) is 0 Å². The molecule has 0 bridgehead atoms. The summed E-state index contributed by atoms with van der Waals surface area (Å²) in [7, 11) is 0. The number of carbonyl (C=O) groups excluding carboxylic acids is 1. The molecule has 1 aromatic carbocycles. The first kappa shape index (κ1) is 19.4. The Kier molecular flexibility index (Phi) is 4.77. The summed E-state index contributed by atoms with van der Waals surface area (Å²) < 4.78 is 53.9. The molecule has 3 aromatic rings. The first-order chi connectivity index (χ1) is 13.7. The fraction of sp³-hybridized carbons (Fsp3) is 0.294. The molecule has 0 saturated carbocycles. The van der Waals surface area contributed by atoms with Crippen molar-refractivity contribution in [2.75, 3.05) is 31.1 Å². The lowest BCUT2D eigenvalue weighted by Gasteiger charge is -2.36. The Morgan fingerprint density at radius 1 is 1.10 bits per heavy atom. The maximum absolute atomic E-state index is 13.2. The minimum atomic E-state index is -4.63. The number of aromatic nitrogens is 4. The Balaban J connectivity index is 1.56. The van der Waals surface area contributed by atoms with Gasteiger partial charge in [-0.1, -0.05) is 11.6 Å². The van der Waals surface area contributed by atoms with Crippen molar-refractivity contribution in [2.24, 2.45) is 0 Å². The van der Waals surface area contributed by atoms with Crippen molar-refractivity contribution < 1.29 is 22.4 Å². The van der Waals surface area contributed by atoms with Gasteiger partial charge in [-0.25, -0.2) is 9.37 Å². The molecule has 1 saturated heterocycles. The van der Waals surface area contributed by atoms with Crippen molar-refractivity contribution in [1.29, 1.82) is 0 Å². The van der Waals surface area contributed by atoms with E-state index in [1.165, 1.54) is 15.5 Å². The quantitative estimate of drug-likeness (QED) is 0.587. The van der Waals surface area contributed by atoms with E-state index >= 15 is 0 Å². The van der Waals surface area contributed by atoms with Crippen LogP contribution >= 0.6 is 11.6 Å². The number of benzene rings is 1. The topological polar surface area (TPSA) is 66.6 Å². The molecule has 3 heterocycles. The van der Waals surface area contributed by atoms with Crippen LogP contribution in [0, 0.1) is 5.82 Å². The Labute approximate surface area is 166 Å². The maximum Gasteiger partial charge on any atom is 0.433 e. The predicted octanol–water partition coefficient (Wildman–Crippen LogP) is 2.90. The molecule has 1 aliphatic rings. The molecular formula is C17H13ClF4N6O. The van der Waals surface area contributed by atoms with E-state index in [2.05, 4.69) is 15.1 Å². The second-order valence-electron chi connectivity index (χ2n) is 6.37. The van der Waals surface area contributed by atoms with Gasteiger partial charge in [-0.15, -0.1) is 0 Å². The van der Waals surface area contributed by atoms with Crippen LogP contribution in [0.2, 0.25) is 5.02 Å². The Morgan fingerprint density at radius 2 is 1.83 bits per heavy atom. The third kappa shape index (κ3) is 3.69. The molecule has 1 fully saturated rings. The fourth-order valence-corrected chi connectivity index (χ4v) is 3.39. The Hall–Kier alpha value is -2.95. The molecular weight excluding hydrogens is 416 g/mol. The Bertz CT molecular complexity index is 1080. The van der Waals surface area contributed by atoms with E-state index < -0.39 is 17.7 Å². The highest BCUT2D eigenvalue weighted by molar-refractivity contribution is 6.33. The highest BCUT2D eigenvalue weighted by atomic mass is 35.5. The third-order valence-electron chi connectivity index (χ3n) is 4.58. The van der Waals surface area contributed by atoms with Gasteiger partial charge in [0.25, 0.3) is 11.7 Å². The van der Waals surface area contributed by atoms with Crippen molar-refractivity contribution in [2.45, 2.75) is 6.18 Å². The number of fused-ring (bicyclic) bond motifs is 1. The van der Waals surface area contributed by atoms with Gasteiger partial charge in [0.1, 0.15) is 18.0 Å². The summed E-state index contributed by atoms with van der Waals surface area (Å²) in [5.74, 6) is -0.893. The molecule has 4 rings (SSSR count). The van der Waals surface area contributed by atoms with Crippen LogP contribution in [0.3, 0.4) is 0 Å². The molecule has 0 unspecified atom stereocenters. The summed E-state index contributed by atoms with van der Waals surface area (Å²) in [6, 6.07) is 4.42. The third-order valence-corrected chi connectivity index (χ3v) is 4.89. The molecule has 0 N–H and O–H groups in total. The van der Waals surface area contributed by atoms with Gasteiger partial charge in [0, 0.05) is 32.2 Å². The highest BCUT2D eigenvalue weighted by Crippen LogP contribution is 2.31.